The summed E-state index contributed by atoms with van der Waals surface area (Å²) in [6.07, 6.45) is 3.38. The van der Waals surface area contributed by atoms with E-state index in [0.717, 1.165) is 19.3 Å². The zero-order valence-electron chi connectivity index (χ0n) is 13.4. The molecule has 4 heteroatoms. The summed E-state index contributed by atoms with van der Waals surface area (Å²) in [5.74, 6) is -0.347. The molecule has 1 amide bonds. The Kier molecular flexibility index (Phi) is 4.35. The highest BCUT2D eigenvalue weighted by atomic mass is 19.1. The zero-order chi connectivity index (χ0) is 16.4. The summed E-state index contributed by atoms with van der Waals surface area (Å²) in [5.41, 5.74) is 0.328. The van der Waals surface area contributed by atoms with E-state index in [1.807, 2.05) is 11.0 Å². The molecule has 1 aliphatic rings. The molecule has 0 aromatic heterocycles. The van der Waals surface area contributed by atoms with E-state index in [2.05, 4.69) is 6.92 Å². The van der Waals surface area contributed by atoms with E-state index in [1.54, 1.807) is 24.3 Å². The van der Waals surface area contributed by atoms with Crippen molar-refractivity contribution in [2.24, 2.45) is 0 Å². The van der Waals surface area contributed by atoms with Crippen molar-refractivity contribution in [1.29, 1.82) is 0 Å². The first-order valence-corrected chi connectivity index (χ1v) is 8.17. The Morgan fingerprint density at radius 3 is 2.74 bits per heavy atom. The summed E-state index contributed by atoms with van der Waals surface area (Å²) in [7, 11) is 0. The number of nitrogens with zero attached hydrogens (tertiary/aromatic N) is 1. The second kappa shape index (κ2) is 6.28. The van der Waals surface area contributed by atoms with E-state index >= 15 is 0 Å². The second-order valence-corrected chi connectivity index (χ2v) is 6.52. The molecule has 1 N–H and O–H groups in total. The first-order chi connectivity index (χ1) is 11.1. The van der Waals surface area contributed by atoms with Gasteiger partial charge < -0.3 is 10.0 Å². The Morgan fingerprint density at radius 2 is 2.00 bits per heavy atom. The SMILES string of the molecule is CC1(CCCO)CCCN1C(=O)c1ccc(F)c2ccccc12. The van der Waals surface area contributed by atoms with Crippen molar-refractivity contribution in [3.63, 3.8) is 0 Å². The summed E-state index contributed by atoms with van der Waals surface area (Å²) in [5, 5.41) is 10.3. The Hall–Kier alpha value is -1.94. The molecular weight excluding hydrogens is 293 g/mol. The number of hydrogen-bond donors (Lipinski definition) is 1. The molecule has 0 saturated carbocycles. The number of carbonyl (C=O) groups excluding carboxylic acids is 1. The predicted molar refractivity (Wildman–Crippen MR) is 88.9 cm³/mol. The molecule has 122 valence electrons. The number of aliphatic hydroxyl groups is 1. The molecule has 1 fully saturated rings. The quantitative estimate of drug-likeness (QED) is 0.933. The maximum Gasteiger partial charge on any atom is 0.254 e. The number of fused-ring (bicyclic) bond motifs is 1. The molecule has 0 radical (unpaired) electrons. The number of rotatable bonds is 4. The number of amides is 1. The monoisotopic (exact) mass is 315 g/mol. The molecule has 0 spiro atoms. The van der Waals surface area contributed by atoms with Crippen LogP contribution in [0.5, 0.6) is 0 Å². The van der Waals surface area contributed by atoms with Crippen LogP contribution in [0.1, 0.15) is 43.0 Å². The molecule has 1 heterocycles. The molecular formula is C19H22FNO2. The first kappa shape index (κ1) is 15.9. The van der Waals surface area contributed by atoms with E-state index in [0.29, 0.717) is 29.3 Å². The highest BCUT2D eigenvalue weighted by Gasteiger charge is 2.39. The molecule has 1 atom stereocenters. The zero-order valence-corrected chi connectivity index (χ0v) is 13.4. The van der Waals surface area contributed by atoms with Gasteiger partial charge in [-0.15, -0.1) is 0 Å². The van der Waals surface area contributed by atoms with Crippen LogP contribution in [0.4, 0.5) is 4.39 Å². The lowest BCUT2D eigenvalue weighted by Crippen LogP contribution is -2.45. The Balaban J connectivity index is 1.99. The van der Waals surface area contributed by atoms with Crippen LogP contribution >= 0.6 is 0 Å². The summed E-state index contributed by atoms with van der Waals surface area (Å²) in [4.78, 5) is 15.0. The standard InChI is InChI=1S/C19H22FNO2/c1-19(11-5-13-22)10-4-12-21(19)18(23)16-8-9-17(20)15-7-3-2-6-14(15)16/h2-3,6-9,22H,4-5,10-13H2,1H3. The van der Waals surface area contributed by atoms with Gasteiger partial charge in [0, 0.05) is 29.6 Å². The Labute approximate surface area is 135 Å². The predicted octanol–water partition coefficient (Wildman–Crippen LogP) is 3.75. The Morgan fingerprint density at radius 1 is 1.26 bits per heavy atom. The molecule has 2 aromatic rings. The number of carbonyl (C=O) groups is 1. The van der Waals surface area contributed by atoms with Gasteiger partial charge in [-0.25, -0.2) is 4.39 Å². The minimum absolute atomic E-state index is 0.0425. The van der Waals surface area contributed by atoms with Gasteiger partial charge in [-0.2, -0.15) is 0 Å². The molecule has 0 bridgehead atoms. The molecule has 1 unspecified atom stereocenters. The number of aliphatic hydroxyl groups excluding tert-OH is 1. The third-order valence-electron chi connectivity index (χ3n) is 4.97. The molecule has 3 rings (SSSR count). The largest absolute Gasteiger partial charge is 0.396 e. The normalized spacial score (nSPS) is 21.1. The number of hydrogen-bond acceptors (Lipinski definition) is 2. The second-order valence-electron chi connectivity index (χ2n) is 6.52. The van der Waals surface area contributed by atoms with Gasteiger partial charge in [0.15, 0.2) is 0 Å². The number of likely N-dealkylation sites (tertiary alicyclic amines) is 1. The molecule has 2 aromatic carbocycles. The number of halogens is 1. The smallest absolute Gasteiger partial charge is 0.254 e. The van der Waals surface area contributed by atoms with Crippen molar-refractivity contribution in [2.45, 2.75) is 38.1 Å². The van der Waals surface area contributed by atoms with Gasteiger partial charge in [0.05, 0.1) is 0 Å². The van der Waals surface area contributed by atoms with Crippen molar-refractivity contribution in [3.05, 3.63) is 47.8 Å². The van der Waals surface area contributed by atoms with Gasteiger partial charge in [-0.3, -0.25) is 4.79 Å². The van der Waals surface area contributed by atoms with E-state index in [-0.39, 0.29) is 23.9 Å². The highest BCUT2D eigenvalue weighted by Crippen LogP contribution is 2.35. The van der Waals surface area contributed by atoms with Gasteiger partial charge in [0.25, 0.3) is 5.91 Å². The van der Waals surface area contributed by atoms with Crippen LogP contribution in [0, 0.1) is 5.82 Å². The average molecular weight is 315 g/mol. The van der Waals surface area contributed by atoms with Gasteiger partial charge in [0.1, 0.15) is 5.82 Å². The topological polar surface area (TPSA) is 40.5 Å². The highest BCUT2D eigenvalue weighted by molar-refractivity contribution is 6.07. The van der Waals surface area contributed by atoms with E-state index < -0.39 is 0 Å². The summed E-state index contributed by atoms with van der Waals surface area (Å²) in [6, 6.07) is 10.1. The Bertz CT molecular complexity index is 730. The maximum absolute atomic E-state index is 14.0. The van der Waals surface area contributed by atoms with Crippen molar-refractivity contribution < 1.29 is 14.3 Å². The minimum atomic E-state index is -0.304. The molecule has 1 saturated heterocycles. The fourth-order valence-electron chi connectivity index (χ4n) is 3.68. The molecule has 3 nitrogen and oxygen atoms in total. The van der Waals surface area contributed by atoms with Crippen molar-refractivity contribution in [3.8, 4) is 0 Å². The van der Waals surface area contributed by atoms with E-state index in [9.17, 15) is 9.18 Å². The summed E-state index contributed by atoms with van der Waals surface area (Å²) >= 11 is 0. The fourth-order valence-corrected chi connectivity index (χ4v) is 3.68. The lowest BCUT2D eigenvalue weighted by Gasteiger charge is -2.35. The van der Waals surface area contributed by atoms with Gasteiger partial charge in [0.2, 0.25) is 0 Å². The van der Waals surface area contributed by atoms with Crippen LogP contribution in [0.25, 0.3) is 10.8 Å². The fraction of sp³-hybridized carbons (Fsp3) is 0.421. The minimum Gasteiger partial charge on any atom is -0.396 e. The first-order valence-electron chi connectivity index (χ1n) is 8.17. The van der Waals surface area contributed by atoms with Crippen LogP contribution in [0.3, 0.4) is 0 Å². The molecule has 23 heavy (non-hydrogen) atoms. The lowest BCUT2D eigenvalue weighted by molar-refractivity contribution is 0.0596. The van der Waals surface area contributed by atoms with Crippen molar-refractivity contribution >= 4 is 16.7 Å². The van der Waals surface area contributed by atoms with Crippen LogP contribution < -0.4 is 0 Å². The van der Waals surface area contributed by atoms with Crippen molar-refractivity contribution in [2.75, 3.05) is 13.2 Å². The molecule has 1 aliphatic heterocycles. The van der Waals surface area contributed by atoms with Gasteiger partial charge in [-0.05, 0) is 50.1 Å². The van der Waals surface area contributed by atoms with Gasteiger partial charge >= 0.3 is 0 Å². The van der Waals surface area contributed by atoms with Crippen LogP contribution in [-0.4, -0.2) is 34.6 Å². The lowest BCUT2D eigenvalue weighted by atomic mass is 9.92. The average Bonchev–Trinajstić information content (AvgIpc) is 2.95. The summed E-state index contributed by atoms with van der Waals surface area (Å²) in [6.45, 7) is 2.93. The van der Waals surface area contributed by atoms with E-state index in [4.69, 9.17) is 5.11 Å². The van der Waals surface area contributed by atoms with E-state index in [1.165, 1.54) is 6.07 Å². The molecule has 0 aliphatic carbocycles. The van der Waals surface area contributed by atoms with Gasteiger partial charge in [-0.1, -0.05) is 24.3 Å². The van der Waals surface area contributed by atoms with Crippen LogP contribution in [0.2, 0.25) is 0 Å². The third kappa shape index (κ3) is 2.83. The van der Waals surface area contributed by atoms with Crippen LogP contribution in [-0.2, 0) is 0 Å². The van der Waals surface area contributed by atoms with Crippen molar-refractivity contribution in [1.82, 2.24) is 4.90 Å². The van der Waals surface area contributed by atoms with Crippen LogP contribution in [0.15, 0.2) is 36.4 Å². The third-order valence-corrected chi connectivity index (χ3v) is 4.97. The summed E-state index contributed by atoms with van der Waals surface area (Å²) < 4.78 is 14.0. The number of benzene rings is 2. The maximum atomic E-state index is 14.0.